The standard InChI is InChI=1S/C10H22N2O2S.ClH/c1-3-4-7-15(13,14)12-10-8-11-6-5-9(10)2;/h9-12H,3-8H2,1-2H3;1H. The van der Waals surface area contributed by atoms with Crippen LogP contribution in [0.5, 0.6) is 0 Å². The summed E-state index contributed by atoms with van der Waals surface area (Å²) in [5.41, 5.74) is 0. The Kier molecular flexibility index (Phi) is 7.55. The maximum absolute atomic E-state index is 11.7. The van der Waals surface area contributed by atoms with Crippen LogP contribution in [0.25, 0.3) is 0 Å². The molecule has 98 valence electrons. The first-order chi connectivity index (χ1) is 7.05. The topological polar surface area (TPSA) is 58.2 Å². The maximum atomic E-state index is 11.7. The molecule has 0 spiro atoms. The zero-order chi connectivity index (χ0) is 11.3. The van der Waals surface area contributed by atoms with Gasteiger partial charge in [0.05, 0.1) is 5.75 Å². The Bertz CT molecular complexity index is 283. The van der Waals surface area contributed by atoms with E-state index in [9.17, 15) is 8.42 Å². The lowest BCUT2D eigenvalue weighted by molar-refractivity contribution is 0.327. The van der Waals surface area contributed by atoms with Crippen molar-refractivity contribution in [3.05, 3.63) is 0 Å². The second-order valence-corrected chi connectivity index (χ2v) is 6.24. The highest BCUT2D eigenvalue weighted by Crippen LogP contribution is 2.12. The van der Waals surface area contributed by atoms with Gasteiger partial charge in [0.1, 0.15) is 0 Å². The summed E-state index contributed by atoms with van der Waals surface area (Å²) in [6, 6.07) is 0.0700. The van der Waals surface area contributed by atoms with E-state index >= 15 is 0 Å². The number of hydrogen-bond acceptors (Lipinski definition) is 3. The van der Waals surface area contributed by atoms with Crippen molar-refractivity contribution in [2.24, 2.45) is 5.92 Å². The van der Waals surface area contributed by atoms with Gasteiger partial charge in [0.2, 0.25) is 10.0 Å². The third kappa shape index (κ3) is 5.48. The van der Waals surface area contributed by atoms with Crippen LogP contribution in [0.3, 0.4) is 0 Å². The molecule has 1 heterocycles. The summed E-state index contributed by atoms with van der Waals surface area (Å²) in [6.45, 7) is 5.86. The van der Waals surface area contributed by atoms with Crippen LogP contribution in [-0.4, -0.2) is 33.3 Å². The zero-order valence-corrected chi connectivity index (χ0v) is 11.7. The molecular formula is C10H23ClN2O2S. The molecule has 0 amide bonds. The molecule has 4 nitrogen and oxygen atoms in total. The predicted molar refractivity (Wildman–Crippen MR) is 69.5 cm³/mol. The third-order valence-electron chi connectivity index (χ3n) is 2.93. The SMILES string of the molecule is CCCCS(=O)(=O)NC1CNCCC1C.Cl. The fourth-order valence-electron chi connectivity index (χ4n) is 1.77. The molecule has 0 saturated carbocycles. The summed E-state index contributed by atoms with van der Waals surface area (Å²) in [6.07, 6.45) is 2.70. The second kappa shape index (κ2) is 7.48. The average molecular weight is 271 g/mol. The highest BCUT2D eigenvalue weighted by atomic mass is 35.5. The van der Waals surface area contributed by atoms with Crippen molar-refractivity contribution in [2.45, 2.75) is 39.2 Å². The van der Waals surface area contributed by atoms with Crippen LogP contribution >= 0.6 is 12.4 Å². The molecule has 1 aliphatic heterocycles. The van der Waals surface area contributed by atoms with Crippen molar-refractivity contribution >= 4 is 22.4 Å². The van der Waals surface area contributed by atoms with Gasteiger partial charge < -0.3 is 5.32 Å². The largest absolute Gasteiger partial charge is 0.315 e. The molecule has 1 fully saturated rings. The molecule has 0 aliphatic carbocycles. The van der Waals surface area contributed by atoms with E-state index in [0.29, 0.717) is 5.92 Å². The smallest absolute Gasteiger partial charge is 0.211 e. The lowest BCUT2D eigenvalue weighted by atomic mass is 9.96. The Morgan fingerprint density at radius 2 is 2.12 bits per heavy atom. The molecule has 1 saturated heterocycles. The minimum absolute atomic E-state index is 0. The Morgan fingerprint density at radius 1 is 1.44 bits per heavy atom. The molecule has 6 heteroatoms. The van der Waals surface area contributed by atoms with Gasteiger partial charge in [-0.25, -0.2) is 13.1 Å². The third-order valence-corrected chi connectivity index (χ3v) is 4.41. The lowest BCUT2D eigenvalue weighted by Crippen LogP contribution is -2.50. The number of sulfonamides is 1. The predicted octanol–water partition coefficient (Wildman–Crippen LogP) is 1.13. The lowest BCUT2D eigenvalue weighted by Gasteiger charge is -2.29. The maximum Gasteiger partial charge on any atom is 0.211 e. The van der Waals surface area contributed by atoms with E-state index in [1.54, 1.807) is 0 Å². The highest BCUT2D eigenvalue weighted by molar-refractivity contribution is 7.89. The molecule has 0 aromatic rings. The second-order valence-electron chi connectivity index (χ2n) is 4.37. The van der Waals surface area contributed by atoms with Gasteiger partial charge in [-0.05, 0) is 25.3 Å². The van der Waals surface area contributed by atoms with Crippen molar-refractivity contribution in [1.29, 1.82) is 0 Å². The number of rotatable bonds is 5. The van der Waals surface area contributed by atoms with Crippen LogP contribution < -0.4 is 10.0 Å². The van der Waals surface area contributed by atoms with E-state index < -0.39 is 10.0 Å². The van der Waals surface area contributed by atoms with Crippen molar-refractivity contribution in [3.63, 3.8) is 0 Å². The van der Waals surface area contributed by atoms with Gasteiger partial charge in [-0.3, -0.25) is 0 Å². The first kappa shape index (κ1) is 16.2. The van der Waals surface area contributed by atoms with Crippen molar-refractivity contribution < 1.29 is 8.42 Å². The average Bonchev–Trinajstić information content (AvgIpc) is 2.18. The summed E-state index contributed by atoms with van der Waals surface area (Å²) < 4.78 is 26.1. The summed E-state index contributed by atoms with van der Waals surface area (Å²) in [5.74, 6) is 0.690. The van der Waals surface area contributed by atoms with Gasteiger partial charge in [-0.1, -0.05) is 20.3 Å². The first-order valence-electron chi connectivity index (χ1n) is 5.76. The van der Waals surface area contributed by atoms with E-state index in [1.807, 2.05) is 6.92 Å². The minimum Gasteiger partial charge on any atom is -0.315 e. The molecule has 1 aliphatic rings. The summed E-state index contributed by atoms with van der Waals surface area (Å²) in [7, 11) is -3.07. The Labute approximate surface area is 105 Å². The van der Waals surface area contributed by atoms with Gasteiger partial charge >= 0.3 is 0 Å². The van der Waals surface area contributed by atoms with Crippen molar-refractivity contribution in [2.75, 3.05) is 18.8 Å². The number of halogens is 1. The Hall–Kier alpha value is 0.160. The van der Waals surface area contributed by atoms with E-state index in [4.69, 9.17) is 0 Å². The van der Waals surface area contributed by atoms with E-state index in [2.05, 4.69) is 17.0 Å². The van der Waals surface area contributed by atoms with Crippen molar-refractivity contribution in [1.82, 2.24) is 10.0 Å². The van der Waals surface area contributed by atoms with Gasteiger partial charge in [0.25, 0.3) is 0 Å². The highest BCUT2D eigenvalue weighted by Gasteiger charge is 2.24. The van der Waals surface area contributed by atoms with Crippen LogP contribution in [0.2, 0.25) is 0 Å². The summed E-state index contributed by atoms with van der Waals surface area (Å²) >= 11 is 0. The number of nitrogens with one attached hydrogen (secondary N) is 2. The molecule has 1 rings (SSSR count). The van der Waals surface area contributed by atoms with E-state index in [-0.39, 0.29) is 24.2 Å². The van der Waals surface area contributed by atoms with Gasteiger partial charge in [-0.2, -0.15) is 0 Å². The van der Waals surface area contributed by atoms with Crippen LogP contribution in [-0.2, 0) is 10.0 Å². The normalized spacial score (nSPS) is 26.1. The summed E-state index contributed by atoms with van der Waals surface area (Å²) in [4.78, 5) is 0. The van der Waals surface area contributed by atoms with Crippen LogP contribution in [0.15, 0.2) is 0 Å². The van der Waals surface area contributed by atoms with Gasteiger partial charge in [0.15, 0.2) is 0 Å². The molecule has 2 N–H and O–H groups in total. The van der Waals surface area contributed by atoms with Gasteiger partial charge in [-0.15, -0.1) is 12.4 Å². The molecule has 0 aromatic heterocycles. The fraction of sp³-hybridized carbons (Fsp3) is 1.00. The molecule has 0 radical (unpaired) electrons. The van der Waals surface area contributed by atoms with Crippen LogP contribution in [0.1, 0.15) is 33.1 Å². The van der Waals surface area contributed by atoms with E-state index in [0.717, 1.165) is 32.4 Å². The Morgan fingerprint density at radius 3 is 2.69 bits per heavy atom. The van der Waals surface area contributed by atoms with E-state index in [1.165, 1.54) is 0 Å². The molecule has 0 aromatic carbocycles. The zero-order valence-electron chi connectivity index (χ0n) is 10.0. The molecule has 2 atom stereocenters. The fourth-order valence-corrected chi connectivity index (χ4v) is 3.33. The number of piperidine rings is 1. The number of unbranched alkanes of at least 4 members (excludes halogenated alkanes) is 1. The number of hydrogen-bond donors (Lipinski definition) is 2. The molecule has 0 bridgehead atoms. The minimum atomic E-state index is -3.07. The quantitative estimate of drug-likeness (QED) is 0.787. The molecule has 16 heavy (non-hydrogen) atoms. The summed E-state index contributed by atoms with van der Waals surface area (Å²) in [5, 5.41) is 3.22. The monoisotopic (exact) mass is 270 g/mol. The first-order valence-corrected chi connectivity index (χ1v) is 7.41. The Balaban J connectivity index is 0.00000225. The van der Waals surface area contributed by atoms with Crippen LogP contribution in [0.4, 0.5) is 0 Å². The van der Waals surface area contributed by atoms with Crippen LogP contribution in [0, 0.1) is 5.92 Å². The van der Waals surface area contributed by atoms with Gasteiger partial charge in [0, 0.05) is 12.6 Å². The molecular weight excluding hydrogens is 248 g/mol. The molecule has 2 unspecified atom stereocenters. The van der Waals surface area contributed by atoms with Crippen molar-refractivity contribution in [3.8, 4) is 0 Å².